The number of aromatic nitrogens is 1. The number of nitrogens with zero attached hydrogens (tertiary/aromatic N) is 2. The summed E-state index contributed by atoms with van der Waals surface area (Å²) in [6.07, 6.45) is 3.92. The van der Waals surface area contributed by atoms with E-state index in [-0.39, 0.29) is 5.91 Å². The lowest BCUT2D eigenvalue weighted by Gasteiger charge is -2.25. The molecule has 6 heteroatoms. The van der Waals surface area contributed by atoms with Crippen LogP contribution >= 0.6 is 11.6 Å². The van der Waals surface area contributed by atoms with E-state index >= 15 is 0 Å². The molecule has 0 aliphatic rings. The highest BCUT2D eigenvalue weighted by atomic mass is 35.5. The summed E-state index contributed by atoms with van der Waals surface area (Å²) in [6.45, 7) is 3.90. The molecule has 0 saturated carbocycles. The maximum Gasteiger partial charge on any atom is 0.261 e. The summed E-state index contributed by atoms with van der Waals surface area (Å²) in [7, 11) is 3.13. The van der Waals surface area contributed by atoms with Gasteiger partial charge in [0.15, 0.2) is 0 Å². The number of unbranched alkanes of at least 4 members (excludes halogenated alkanes) is 1. The quantitative estimate of drug-likeness (QED) is 0.409. The number of halogens is 1. The molecule has 3 rings (SSSR count). The molecule has 1 heterocycles. The van der Waals surface area contributed by atoms with E-state index in [4.69, 9.17) is 21.1 Å². The summed E-state index contributed by atoms with van der Waals surface area (Å²) in [6, 6.07) is 17.3. The predicted octanol–water partition coefficient (Wildman–Crippen LogP) is 5.65. The smallest absolute Gasteiger partial charge is 0.261 e. The molecule has 164 valence electrons. The largest absolute Gasteiger partial charge is 0.496 e. The van der Waals surface area contributed by atoms with E-state index < -0.39 is 0 Å². The molecule has 0 saturated heterocycles. The van der Waals surface area contributed by atoms with Crippen LogP contribution in [0.15, 0.2) is 60.8 Å². The van der Waals surface area contributed by atoms with Gasteiger partial charge in [0.25, 0.3) is 5.91 Å². The number of rotatable bonds is 10. The molecule has 0 spiro atoms. The van der Waals surface area contributed by atoms with Crippen molar-refractivity contribution in [2.24, 2.45) is 0 Å². The lowest BCUT2D eigenvalue weighted by atomic mass is 10.1. The number of ether oxygens (including phenoxy) is 2. The first kappa shape index (κ1) is 22.8. The van der Waals surface area contributed by atoms with Gasteiger partial charge in [0.1, 0.15) is 17.1 Å². The van der Waals surface area contributed by atoms with Gasteiger partial charge in [0, 0.05) is 30.0 Å². The average molecular weight is 441 g/mol. The third-order valence-electron chi connectivity index (χ3n) is 5.29. The Hall–Kier alpha value is -2.92. The molecular formula is C25H29ClN2O3. The second-order valence-corrected chi connectivity index (χ2v) is 7.74. The van der Waals surface area contributed by atoms with Gasteiger partial charge in [-0.05, 0) is 42.3 Å². The maximum absolute atomic E-state index is 13.6. The second kappa shape index (κ2) is 10.9. The van der Waals surface area contributed by atoms with Crippen molar-refractivity contribution >= 4 is 17.5 Å². The van der Waals surface area contributed by atoms with Gasteiger partial charge in [-0.2, -0.15) is 0 Å². The van der Waals surface area contributed by atoms with E-state index in [1.165, 1.54) is 0 Å². The van der Waals surface area contributed by atoms with Gasteiger partial charge in [-0.3, -0.25) is 4.79 Å². The molecule has 0 bridgehead atoms. The first-order valence-corrected chi connectivity index (χ1v) is 10.8. The lowest BCUT2D eigenvalue weighted by molar-refractivity contribution is 0.0730. The SMILES string of the molecule is CCCCN(Cc1cccn1Cc1ccccc1Cl)C(=O)c1c(OC)cccc1OC. The molecule has 5 nitrogen and oxygen atoms in total. The highest BCUT2D eigenvalue weighted by molar-refractivity contribution is 6.31. The fourth-order valence-corrected chi connectivity index (χ4v) is 3.77. The van der Waals surface area contributed by atoms with Crippen molar-refractivity contribution in [3.8, 4) is 11.5 Å². The molecule has 0 radical (unpaired) electrons. The zero-order chi connectivity index (χ0) is 22.2. The van der Waals surface area contributed by atoms with E-state index in [0.717, 1.165) is 29.1 Å². The van der Waals surface area contributed by atoms with Gasteiger partial charge in [-0.15, -0.1) is 0 Å². The second-order valence-electron chi connectivity index (χ2n) is 7.34. The normalized spacial score (nSPS) is 10.7. The Bertz CT molecular complexity index is 993. The first-order valence-electron chi connectivity index (χ1n) is 10.5. The number of carbonyl (C=O) groups is 1. The van der Waals surface area contributed by atoms with Gasteiger partial charge >= 0.3 is 0 Å². The number of hydrogen-bond donors (Lipinski definition) is 0. The van der Waals surface area contributed by atoms with Crippen LogP contribution in [-0.4, -0.2) is 36.1 Å². The fraction of sp³-hybridized carbons (Fsp3) is 0.320. The Kier molecular flexibility index (Phi) is 8.01. The first-order chi connectivity index (χ1) is 15.1. The van der Waals surface area contributed by atoms with Crippen molar-refractivity contribution in [3.63, 3.8) is 0 Å². The highest BCUT2D eigenvalue weighted by Gasteiger charge is 2.24. The van der Waals surface area contributed by atoms with E-state index in [2.05, 4.69) is 11.5 Å². The summed E-state index contributed by atoms with van der Waals surface area (Å²) >= 11 is 6.36. The molecule has 3 aromatic rings. The van der Waals surface area contributed by atoms with Crippen LogP contribution in [0.2, 0.25) is 5.02 Å². The molecule has 0 fully saturated rings. The van der Waals surface area contributed by atoms with Crippen LogP contribution in [0, 0.1) is 0 Å². The molecule has 0 aliphatic carbocycles. The number of hydrogen-bond acceptors (Lipinski definition) is 3. The van der Waals surface area contributed by atoms with E-state index in [0.29, 0.717) is 36.7 Å². The van der Waals surface area contributed by atoms with Crippen molar-refractivity contribution in [2.75, 3.05) is 20.8 Å². The van der Waals surface area contributed by atoms with E-state index in [9.17, 15) is 4.79 Å². The zero-order valence-electron chi connectivity index (χ0n) is 18.3. The number of amides is 1. The standard InChI is InChI=1S/C25H29ClN2O3/c1-4-5-15-28(25(29)24-22(30-2)13-8-14-23(24)31-3)18-20-11-9-16-27(20)17-19-10-6-7-12-21(19)26/h6-14,16H,4-5,15,17-18H2,1-3H3. The Morgan fingerprint density at radius 1 is 1.00 bits per heavy atom. The Morgan fingerprint density at radius 2 is 1.71 bits per heavy atom. The third kappa shape index (κ3) is 5.42. The number of methoxy groups -OCH3 is 2. The van der Waals surface area contributed by atoms with Crippen molar-refractivity contribution < 1.29 is 14.3 Å². The minimum absolute atomic E-state index is 0.103. The lowest BCUT2D eigenvalue weighted by Crippen LogP contribution is -2.33. The van der Waals surface area contributed by atoms with Crippen molar-refractivity contribution in [3.05, 3.63) is 82.6 Å². The highest BCUT2D eigenvalue weighted by Crippen LogP contribution is 2.30. The van der Waals surface area contributed by atoms with Crippen LogP contribution in [-0.2, 0) is 13.1 Å². The molecule has 1 aromatic heterocycles. The predicted molar refractivity (Wildman–Crippen MR) is 124 cm³/mol. The topological polar surface area (TPSA) is 43.7 Å². The van der Waals surface area contributed by atoms with Crippen LogP contribution < -0.4 is 9.47 Å². The van der Waals surface area contributed by atoms with Crippen LogP contribution in [0.3, 0.4) is 0 Å². The summed E-state index contributed by atoms with van der Waals surface area (Å²) in [5.74, 6) is 0.919. The Labute approximate surface area is 189 Å². The number of carbonyl (C=O) groups excluding carboxylic acids is 1. The van der Waals surface area contributed by atoms with Crippen LogP contribution in [0.25, 0.3) is 0 Å². The van der Waals surface area contributed by atoms with Gasteiger partial charge < -0.3 is 18.9 Å². The summed E-state index contributed by atoms with van der Waals surface area (Å²) in [4.78, 5) is 15.5. The minimum Gasteiger partial charge on any atom is -0.496 e. The molecular weight excluding hydrogens is 412 g/mol. The summed E-state index contributed by atoms with van der Waals surface area (Å²) in [5, 5.41) is 0.736. The van der Waals surface area contributed by atoms with E-state index in [1.807, 2.05) is 53.6 Å². The van der Waals surface area contributed by atoms with Crippen LogP contribution in [0.4, 0.5) is 0 Å². The van der Waals surface area contributed by atoms with Crippen molar-refractivity contribution in [1.29, 1.82) is 0 Å². The average Bonchev–Trinajstić information content (AvgIpc) is 3.23. The molecule has 1 amide bonds. The van der Waals surface area contributed by atoms with Crippen LogP contribution in [0.1, 0.15) is 41.4 Å². The summed E-state index contributed by atoms with van der Waals surface area (Å²) < 4.78 is 13.1. The van der Waals surface area contributed by atoms with Gasteiger partial charge in [0.2, 0.25) is 0 Å². The zero-order valence-corrected chi connectivity index (χ0v) is 19.1. The molecule has 0 aliphatic heterocycles. The van der Waals surface area contributed by atoms with Gasteiger partial charge in [0.05, 0.1) is 20.8 Å². The van der Waals surface area contributed by atoms with Gasteiger partial charge in [-0.25, -0.2) is 0 Å². The Balaban J connectivity index is 1.90. The molecule has 0 N–H and O–H groups in total. The minimum atomic E-state index is -0.103. The molecule has 2 aromatic carbocycles. The molecule has 0 unspecified atom stereocenters. The van der Waals surface area contributed by atoms with Crippen molar-refractivity contribution in [2.45, 2.75) is 32.9 Å². The Morgan fingerprint density at radius 3 is 2.35 bits per heavy atom. The maximum atomic E-state index is 13.6. The number of benzene rings is 2. The summed E-state index contributed by atoms with van der Waals surface area (Å²) in [5.41, 5.74) is 2.53. The third-order valence-corrected chi connectivity index (χ3v) is 5.65. The van der Waals surface area contributed by atoms with E-state index in [1.54, 1.807) is 26.4 Å². The van der Waals surface area contributed by atoms with Crippen LogP contribution in [0.5, 0.6) is 11.5 Å². The monoisotopic (exact) mass is 440 g/mol. The molecule has 0 atom stereocenters. The van der Waals surface area contributed by atoms with Crippen molar-refractivity contribution in [1.82, 2.24) is 9.47 Å². The molecule has 31 heavy (non-hydrogen) atoms. The fourth-order valence-electron chi connectivity index (χ4n) is 3.57. The van der Waals surface area contributed by atoms with Gasteiger partial charge in [-0.1, -0.05) is 49.2 Å².